The van der Waals surface area contributed by atoms with Crippen molar-refractivity contribution in [2.45, 2.75) is 51.3 Å². The number of hydrogen-bond acceptors (Lipinski definition) is 5. The molecule has 0 bridgehead atoms. The van der Waals surface area contributed by atoms with Crippen molar-refractivity contribution >= 4 is 28.4 Å². The Morgan fingerprint density at radius 1 is 1.17 bits per heavy atom. The predicted octanol–water partition coefficient (Wildman–Crippen LogP) is 3.45. The number of piperidine rings is 1. The number of amides is 2. The second kappa shape index (κ2) is 9.61. The van der Waals surface area contributed by atoms with Crippen molar-refractivity contribution in [1.29, 1.82) is 0 Å². The third kappa shape index (κ3) is 4.70. The molecule has 2 amide bonds. The first-order valence-electron chi connectivity index (χ1n) is 12.0. The molecule has 3 atom stereocenters. The lowest BCUT2D eigenvalue weighted by atomic mass is 9.90. The van der Waals surface area contributed by atoms with Gasteiger partial charge in [0, 0.05) is 13.2 Å². The molecule has 10 heteroatoms. The van der Waals surface area contributed by atoms with E-state index in [1.54, 1.807) is 27.9 Å². The molecule has 0 spiro atoms. The van der Waals surface area contributed by atoms with Crippen molar-refractivity contribution in [1.82, 2.24) is 14.7 Å². The largest absolute Gasteiger partial charge is 0.619 e. The molecule has 1 unspecified atom stereocenters. The summed E-state index contributed by atoms with van der Waals surface area (Å²) in [6, 6.07) is 5.69. The highest BCUT2D eigenvalue weighted by Gasteiger charge is 2.35. The molecule has 2 saturated heterocycles. The molecule has 0 saturated carbocycles. The van der Waals surface area contributed by atoms with Gasteiger partial charge in [-0.1, -0.05) is 19.1 Å². The van der Waals surface area contributed by atoms with Gasteiger partial charge in [0.1, 0.15) is 17.0 Å². The van der Waals surface area contributed by atoms with E-state index in [2.05, 4.69) is 10.4 Å². The fraction of sp³-hybridized carbons (Fsp3) is 0.440. The molecule has 4 heterocycles. The molecule has 2 aromatic heterocycles. The molecule has 0 radical (unpaired) electrons. The number of rotatable bonds is 3. The van der Waals surface area contributed by atoms with E-state index in [1.165, 1.54) is 24.5 Å². The van der Waals surface area contributed by atoms with E-state index in [4.69, 9.17) is 4.74 Å². The van der Waals surface area contributed by atoms with Gasteiger partial charge in [-0.2, -0.15) is 9.83 Å². The summed E-state index contributed by atoms with van der Waals surface area (Å²) in [4.78, 5) is 28.1. The quantitative estimate of drug-likeness (QED) is 0.351. The van der Waals surface area contributed by atoms with Crippen LogP contribution in [0.4, 0.5) is 10.1 Å². The highest BCUT2D eigenvalue weighted by Crippen LogP contribution is 2.34. The average molecular weight is 482 g/mol. The summed E-state index contributed by atoms with van der Waals surface area (Å²) in [7, 11) is 0. The number of carbonyl (C=O) groups excluding carboxylic acids is 2. The van der Waals surface area contributed by atoms with Gasteiger partial charge in [0.2, 0.25) is 6.20 Å². The Kier molecular flexibility index (Phi) is 6.38. The Morgan fingerprint density at radius 2 is 1.97 bits per heavy atom. The first-order valence-corrected chi connectivity index (χ1v) is 12.0. The SMILES string of the molecule is C[C@H]1CC[C@H](c2ccc(F)cc2)N(C(=O)C(=O)Nc2c[n+]([O-])cc3cnn(C4CCCCO4)c23)C1. The number of halogens is 1. The van der Waals surface area contributed by atoms with Crippen LogP contribution in [0.5, 0.6) is 0 Å². The number of hydrogen-bond donors (Lipinski definition) is 1. The Hall–Kier alpha value is -3.53. The molecule has 1 aromatic carbocycles. The number of ether oxygens (including phenoxy) is 1. The zero-order valence-electron chi connectivity index (χ0n) is 19.5. The van der Waals surface area contributed by atoms with E-state index >= 15 is 0 Å². The molecule has 3 aromatic rings. The maximum absolute atomic E-state index is 13.5. The van der Waals surface area contributed by atoms with E-state index in [9.17, 15) is 19.2 Å². The molecule has 0 aliphatic carbocycles. The lowest BCUT2D eigenvalue weighted by molar-refractivity contribution is -0.603. The number of anilines is 1. The van der Waals surface area contributed by atoms with Gasteiger partial charge in [0.25, 0.3) is 0 Å². The summed E-state index contributed by atoms with van der Waals surface area (Å²) >= 11 is 0. The summed E-state index contributed by atoms with van der Waals surface area (Å²) in [5.41, 5.74) is 1.52. The van der Waals surface area contributed by atoms with Crippen LogP contribution >= 0.6 is 0 Å². The number of nitrogens with zero attached hydrogens (tertiary/aromatic N) is 4. The van der Waals surface area contributed by atoms with E-state index in [-0.39, 0.29) is 29.7 Å². The molecule has 1 N–H and O–H groups in total. The van der Waals surface area contributed by atoms with Crippen LogP contribution in [0, 0.1) is 16.9 Å². The van der Waals surface area contributed by atoms with Crippen LogP contribution in [-0.2, 0) is 14.3 Å². The lowest BCUT2D eigenvalue weighted by Gasteiger charge is -2.38. The summed E-state index contributed by atoms with van der Waals surface area (Å²) in [6.45, 7) is 3.05. The molecule has 5 rings (SSSR count). The maximum Gasteiger partial charge on any atom is 0.314 e. The number of carbonyl (C=O) groups is 2. The fourth-order valence-corrected chi connectivity index (χ4v) is 5.05. The van der Waals surface area contributed by atoms with E-state index < -0.39 is 11.8 Å². The zero-order chi connectivity index (χ0) is 24.5. The topological polar surface area (TPSA) is 103 Å². The van der Waals surface area contributed by atoms with Gasteiger partial charge in [-0.25, -0.2) is 9.07 Å². The standard InChI is InChI=1S/C25H28FN5O4/c1-16-5-10-21(17-6-8-19(26)9-7-17)30(13-16)25(33)24(32)28-20-15-29(34)14-18-12-27-31(23(18)20)22-4-2-3-11-35-22/h6-9,12,14-16,21-22H,2-5,10-11,13H2,1H3,(H,28,32)/t16-,21+,22?/m0/s1. The number of likely N-dealkylation sites (tertiary alicyclic amines) is 1. The van der Waals surface area contributed by atoms with Crippen LogP contribution in [0.25, 0.3) is 10.9 Å². The van der Waals surface area contributed by atoms with Crippen molar-refractivity contribution in [2.24, 2.45) is 5.92 Å². The molecule has 9 nitrogen and oxygen atoms in total. The minimum absolute atomic E-state index is 0.200. The van der Waals surface area contributed by atoms with Gasteiger partial charge in [-0.15, -0.1) is 0 Å². The average Bonchev–Trinajstić information content (AvgIpc) is 3.28. The van der Waals surface area contributed by atoms with Gasteiger partial charge < -0.3 is 20.2 Å². The minimum atomic E-state index is -0.837. The van der Waals surface area contributed by atoms with Crippen molar-refractivity contribution in [2.75, 3.05) is 18.5 Å². The van der Waals surface area contributed by atoms with Gasteiger partial charge >= 0.3 is 11.8 Å². The molecule has 2 aliphatic rings. The Labute approximate surface area is 202 Å². The summed E-state index contributed by atoms with van der Waals surface area (Å²) in [5, 5.41) is 19.8. The molecule has 2 fully saturated rings. The van der Waals surface area contributed by atoms with Gasteiger partial charge in [-0.05, 0) is 55.7 Å². The highest BCUT2D eigenvalue weighted by atomic mass is 19.1. The van der Waals surface area contributed by atoms with Gasteiger partial charge in [0.05, 0.1) is 17.6 Å². The molecular weight excluding hydrogens is 453 g/mol. The third-order valence-corrected chi connectivity index (χ3v) is 6.81. The van der Waals surface area contributed by atoms with Crippen molar-refractivity contribution in [3.05, 3.63) is 59.4 Å². The first-order chi connectivity index (χ1) is 16.9. The van der Waals surface area contributed by atoms with Crippen LogP contribution in [0.2, 0.25) is 0 Å². The van der Waals surface area contributed by atoms with Crippen LogP contribution in [0.1, 0.15) is 56.9 Å². The third-order valence-electron chi connectivity index (χ3n) is 6.81. The van der Waals surface area contributed by atoms with Crippen molar-refractivity contribution < 1.29 is 23.4 Å². The Morgan fingerprint density at radius 3 is 2.71 bits per heavy atom. The van der Waals surface area contributed by atoms with E-state index in [0.29, 0.717) is 35.2 Å². The molecule has 35 heavy (non-hydrogen) atoms. The second-order valence-electron chi connectivity index (χ2n) is 9.41. The van der Waals surface area contributed by atoms with Crippen LogP contribution < -0.4 is 10.0 Å². The number of benzene rings is 1. The lowest BCUT2D eigenvalue weighted by Crippen LogP contribution is -2.46. The Bertz CT molecular complexity index is 1240. The smallest absolute Gasteiger partial charge is 0.314 e. The molecule has 184 valence electrons. The number of fused-ring (bicyclic) bond motifs is 1. The van der Waals surface area contributed by atoms with Crippen LogP contribution in [-0.4, -0.2) is 39.6 Å². The van der Waals surface area contributed by atoms with Gasteiger partial charge in [0.15, 0.2) is 12.4 Å². The fourth-order valence-electron chi connectivity index (χ4n) is 5.05. The van der Waals surface area contributed by atoms with E-state index in [1.807, 2.05) is 6.92 Å². The minimum Gasteiger partial charge on any atom is -0.619 e. The normalized spacial score (nSPS) is 22.8. The van der Waals surface area contributed by atoms with Crippen molar-refractivity contribution in [3.8, 4) is 0 Å². The monoisotopic (exact) mass is 481 g/mol. The van der Waals surface area contributed by atoms with E-state index in [0.717, 1.165) is 31.2 Å². The maximum atomic E-state index is 13.5. The molecular formula is C25H28FN5O4. The summed E-state index contributed by atoms with van der Waals surface area (Å²) in [5.74, 6) is -1.66. The predicted molar refractivity (Wildman–Crippen MR) is 125 cm³/mol. The number of aromatic nitrogens is 3. The van der Waals surface area contributed by atoms with Crippen LogP contribution in [0.15, 0.2) is 42.9 Å². The molecule has 2 aliphatic heterocycles. The number of pyridine rings is 1. The number of nitrogens with one attached hydrogen (secondary N) is 1. The van der Waals surface area contributed by atoms with Crippen molar-refractivity contribution in [3.63, 3.8) is 0 Å². The Balaban J connectivity index is 1.43. The summed E-state index contributed by atoms with van der Waals surface area (Å²) in [6.07, 6.45) is 8.13. The highest BCUT2D eigenvalue weighted by molar-refractivity contribution is 6.40. The van der Waals surface area contributed by atoms with Gasteiger partial charge in [-0.3, -0.25) is 9.59 Å². The first kappa shape index (κ1) is 23.2. The van der Waals surface area contributed by atoms with Crippen LogP contribution in [0.3, 0.4) is 0 Å². The summed E-state index contributed by atoms with van der Waals surface area (Å²) < 4.78 is 21.6. The zero-order valence-corrected chi connectivity index (χ0v) is 19.5. The second-order valence-corrected chi connectivity index (χ2v) is 9.41.